The number of hydrogen-bond donors (Lipinski definition) is 3. The normalized spacial score (nSPS) is 14.5. The van der Waals surface area contributed by atoms with Gasteiger partial charge in [-0.05, 0) is 73.3 Å². The lowest BCUT2D eigenvalue weighted by molar-refractivity contribution is -0.120. The van der Waals surface area contributed by atoms with Gasteiger partial charge in [-0.25, -0.2) is 9.19 Å². The summed E-state index contributed by atoms with van der Waals surface area (Å²) < 4.78 is 15.3. The van der Waals surface area contributed by atoms with Crippen molar-refractivity contribution in [3.8, 4) is 0 Å². The van der Waals surface area contributed by atoms with Crippen molar-refractivity contribution in [2.24, 2.45) is 5.92 Å². The van der Waals surface area contributed by atoms with E-state index < -0.39 is 21.5 Å². The summed E-state index contributed by atoms with van der Waals surface area (Å²) in [6.07, 6.45) is 2.95. The Bertz CT molecular complexity index is 1400. The van der Waals surface area contributed by atoms with Crippen molar-refractivity contribution in [2.45, 2.75) is 17.7 Å². The van der Waals surface area contributed by atoms with Crippen LogP contribution in [0.2, 0.25) is 10.0 Å². The Labute approximate surface area is 212 Å². The predicted molar refractivity (Wildman–Crippen MR) is 137 cm³/mol. The predicted octanol–water partition coefficient (Wildman–Crippen LogP) is 4.41. The summed E-state index contributed by atoms with van der Waals surface area (Å²) in [5.74, 6) is 2.49. The van der Waals surface area contributed by atoms with Gasteiger partial charge in [0.05, 0.1) is 26.0 Å². The molecule has 4 rings (SSSR count). The zero-order chi connectivity index (χ0) is 25.2. The summed E-state index contributed by atoms with van der Waals surface area (Å²) in [7, 11) is -3.03. The molecule has 3 aromatic rings. The number of amides is 3. The standard InChI is InChI=1S/C24H20Cl2N4O4S/c1-35(34,30-23(32)15-2-3-15)18-8-4-14(5-9-18)22(31)28-20-10-6-16(25)12-19(20)24(33)29-21-11-7-17(26)13-27-21/h4-13,15H,1-3H2,(H,28,31)(H,27,29,33)(H,30,32,34). The molecule has 1 heterocycles. The third-order valence-corrected chi connectivity index (χ3v) is 7.18. The Morgan fingerprint density at radius 2 is 1.60 bits per heavy atom. The fourth-order valence-electron chi connectivity index (χ4n) is 3.12. The van der Waals surface area contributed by atoms with Crippen LogP contribution in [0.3, 0.4) is 0 Å². The lowest BCUT2D eigenvalue weighted by Crippen LogP contribution is -2.31. The van der Waals surface area contributed by atoms with Crippen LogP contribution in [0, 0.1) is 5.92 Å². The number of anilines is 2. The Kier molecular flexibility index (Phi) is 7.11. The summed E-state index contributed by atoms with van der Waals surface area (Å²) in [6, 6.07) is 13.5. The van der Waals surface area contributed by atoms with Gasteiger partial charge in [0.2, 0.25) is 5.91 Å². The van der Waals surface area contributed by atoms with Crippen LogP contribution in [0.15, 0.2) is 65.7 Å². The highest BCUT2D eigenvalue weighted by atomic mass is 35.5. The van der Waals surface area contributed by atoms with E-state index in [1.165, 1.54) is 54.7 Å². The maximum absolute atomic E-state index is 12.8. The number of aromatic nitrogens is 1. The molecule has 0 spiro atoms. The molecule has 11 heteroatoms. The second-order valence-electron chi connectivity index (χ2n) is 7.90. The number of carbonyl (C=O) groups excluding carboxylic acids is 3. The highest BCUT2D eigenvalue weighted by Crippen LogP contribution is 2.29. The van der Waals surface area contributed by atoms with E-state index in [0.29, 0.717) is 14.9 Å². The molecule has 3 amide bonds. The van der Waals surface area contributed by atoms with E-state index in [0.717, 1.165) is 12.8 Å². The molecule has 0 saturated heterocycles. The monoisotopic (exact) mass is 530 g/mol. The second-order valence-corrected chi connectivity index (χ2v) is 10.8. The van der Waals surface area contributed by atoms with Crippen LogP contribution in [0.4, 0.5) is 11.5 Å². The fraction of sp³-hybridized carbons (Fsp3) is 0.125. The van der Waals surface area contributed by atoms with Gasteiger partial charge in [0.25, 0.3) is 11.8 Å². The Hall–Kier alpha value is -3.40. The zero-order valence-electron chi connectivity index (χ0n) is 18.2. The molecule has 8 nitrogen and oxygen atoms in total. The van der Waals surface area contributed by atoms with Gasteiger partial charge in [-0.3, -0.25) is 19.1 Å². The second kappa shape index (κ2) is 10.1. The number of nitrogens with zero attached hydrogens (tertiary/aromatic N) is 1. The first kappa shape index (κ1) is 24.7. The van der Waals surface area contributed by atoms with Crippen LogP contribution < -0.4 is 15.4 Å². The molecule has 1 fully saturated rings. The summed E-state index contributed by atoms with van der Waals surface area (Å²) in [4.78, 5) is 42.0. The summed E-state index contributed by atoms with van der Waals surface area (Å²) >= 11 is 11.9. The third kappa shape index (κ3) is 6.19. The average molecular weight is 531 g/mol. The van der Waals surface area contributed by atoms with Crippen molar-refractivity contribution >= 4 is 68.0 Å². The first-order valence-electron chi connectivity index (χ1n) is 10.4. The molecule has 1 aromatic heterocycles. The molecule has 35 heavy (non-hydrogen) atoms. The Morgan fingerprint density at radius 1 is 0.914 bits per heavy atom. The van der Waals surface area contributed by atoms with Crippen LogP contribution >= 0.6 is 23.2 Å². The molecule has 1 unspecified atom stereocenters. The van der Waals surface area contributed by atoms with Gasteiger partial charge in [0.1, 0.15) is 5.82 Å². The van der Waals surface area contributed by atoms with Gasteiger partial charge in [0.15, 0.2) is 0 Å². The summed E-state index contributed by atoms with van der Waals surface area (Å²) in [5, 5.41) is 6.04. The van der Waals surface area contributed by atoms with E-state index in [1.54, 1.807) is 6.07 Å². The number of pyridine rings is 1. The minimum atomic E-state index is -3.03. The number of nitrogens with one attached hydrogen (secondary N) is 3. The van der Waals surface area contributed by atoms with Crippen LogP contribution in [0.1, 0.15) is 33.6 Å². The average Bonchev–Trinajstić information content (AvgIpc) is 3.67. The first-order valence-corrected chi connectivity index (χ1v) is 12.9. The molecule has 1 aliphatic carbocycles. The van der Waals surface area contributed by atoms with Gasteiger partial charge >= 0.3 is 0 Å². The number of halogens is 2. The molecule has 0 radical (unpaired) electrons. The van der Waals surface area contributed by atoms with E-state index in [4.69, 9.17) is 23.2 Å². The largest absolute Gasteiger partial charge is 0.321 e. The molecule has 1 saturated carbocycles. The number of benzene rings is 2. The van der Waals surface area contributed by atoms with Crippen molar-refractivity contribution in [3.05, 3.63) is 82.0 Å². The molecule has 0 bridgehead atoms. The SMILES string of the molecule is C=S(=O)(NC(=O)C1CC1)c1ccc(C(=O)Nc2ccc(Cl)cc2C(=O)Nc2ccc(Cl)cn2)cc1. The minimum absolute atomic E-state index is 0.108. The lowest BCUT2D eigenvalue weighted by atomic mass is 10.1. The summed E-state index contributed by atoms with van der Waals surface area (Å²) in [5.41, 5.74) is 0.605. The smallest absolute Gasteiger partial charge is 0.258 e. The molecule has 3 N–H and O–H groups in total. The van der Waals surface area contributed by atoms with E-state index in [9.17, 15) is 18.6 Å². The minimum Gasteiger partial charge on any atom is -0.321 e. The number of hydrogen-bond acceptors (Lipinski definition) is 5. The molecule has 180 valence electrons. The Morgan fingerprint density at radius 3 is 2.23 bits per heavy atom. The molecule has 2 aromatic carbocycles. The molecule has 1 aliphatic rings. The van der Waals surface area contributed by atoms with Gasteiger partial charge < -0.3 is 10.6 Å². The third-order valence-electron chi connectivity index (χ3n) is 5.15. The zero-order valence-corrected chi connectivity index (χ0v) is 20.5. The van der Waals surface area contributed by atoms with Crippen molar-refractivity contribution in [3.63, 3.8) is 0 Å². The van der Waals surface area contributed by atoms with Gasteiger partial charge in [-0.1, -0.05) is 23.2 Å². The van der Waals surface area contributed by atoms with E-state index in [1.807, 2.05) is 0 Å². The highest BCUT2D eigenvalue weighted by molar-refractivity contribution is 7.99. The maximum Gasteiger partial charge on any atom is 0.258 e. The van der Waals surface area contributed by atoms with Crippen molar-refractivity contribution in [1.29, 1.82) is 0 Å². The fourth-order valence-corrected chi connectivity index (χ4v) is 4.59. The lowest BCUT2D eigenvalue weighted by Gasteiger charge is -2.13. The molecular weight excluding hydrogens is 511 g/mol. The van der Waals surface area contributed by atoms with Crippen molar-refractivity contribution in [2.75, 3.05) is 10.6 Å². The summed E-state index contributed by atoms with van der Waals surface area (Å²) in [6.45, 7) is 0. The molecular formula is C24H20Cl2N4O4S. The highest BCUT2D eigenvalue weighted by Gasteiger charge is 2.31. The van der Waals surface area contributed by atoms with Crippen LogP contribution in [-0.2, 0) is 14.5 Å². The quantitative estimate of drug-likeness (QED) is 0.391. The molecule has 0 aliphatic heterocycles. The van der Waals surface area contributed by atoms with Crippen molar-refractivity contribution < 1.29 is 18.6 Å². The van der Waals surface area contributed by atoms with Crippen LogP contribution in [0.5, 0.6) is 0 Å². The van der Waals surface area contributed by atoms with Gasteiger partial charge in [-0.15, -0.1) is 0 Å². The van der Waals surface area contributed by atoms with Gasteiger partial charge in [-0.2, -0.15) is 0 Å². The van der Waals surface area contributed by atoms with Crippen molar-refractivity contribution in [1.82, 2.24) is 9.71 Å². The van der Waals surface area contributed by atoms with E-state index >= 15 is 0 Å². The Balaban J connectivity index is 1.49. The topological polar surface area (TPSA) is 117 Å². The van der Waals surface area contributed by atoms with Crippen LogP contribution in [-0.4, -0.2) is 32.8 Å². The van der Waals surface area contributed by atoms with E-state index in [2.05, 4.69) is 26.2 Å². The van der Waals surface area contributed by atoms with Gasteiger partial charge in [0, 0.05) is 27.6 Å². The molecule has 1 atom stereocenters. The van der Waals surface area contributed by atoms with Crippen LogP contribution in [0.25, 0.3) is 0 Å². The number of carbonyl (C=O) groups is 3. The maximum atomic E-state index is 12.8. The number of rotatable bonds is 7. The first-order chi connectivity index (χ1) is 16.6. The van der Waals surface area contributed by atoms with E-state index in [-0.39, 0.29) is 34.5 Å².